The van der Waals surface area contributed by atoms with Crippen LogP contribution >= 0.6 is 22.4 Å². The van der Waals surface area contributed by atoms with Gasteiger partial charge in [0.1, 0.15) is 11.9 Å². The van der Waals surface area contributed by atoms with Crippen molar-refractivity contribution in [1.82, 2.24) is 14.9 Å². The molecular weight excluding hydrogens is 633 g/mol. The largest absolute Gasteiger partial charge is 0.465 e. The van der Waals surface area contributed by atoms with Gasteiger partial charge in [-0.25, -0.2) is 22.3 Å². The molecule has 1 aliphatic carbocycles. The fraction of sp³-hybridized carbons (Fsp3) is 0.548. The molecule has 2 amide bonds. The van der Waals surface area contributed by atoms with Gasteiger partial charge in [-0.3, -0.25) is 13.9 Å². The van der Waals surface area contributed by atoms with Crippen molar-refractivity contribution in [3.63, 3.8) is 0 Å². The predicted molar refractivity (Wildman–Crippen MR) is 169 cm³/mol. The first-order chi connectivity index (χ1) is 21.3. The Morgan fingerprint density at radius 3 is 2.51 bits per heavy atom. The van der Waals surface area contributed by atoms with Crippen LogP contribution in [-0.4, -0.2) is 73.4 Å². The van der Waals surface area contributed by atoms with Gasteiger partial charge in [-0.15, -0.1) is 10.8 Å². The summed E-state index contributed by atoms with van der Waals surface area (Å²) < 4.78 is 66.8. The van der Waals surface area contributed by atoms with Crippen molar-refractivity contribution in [2.24, 2.45) is 5.92 Å². The SMILES string of the molecule is O=C(O)N[C@@H](C(=O)Nc1cccc(F)c1CCC1CNC2CCCS(O)(O)N1C2)[C@@H](c1ccc(Cl)cc1)C1CCC(F)(F)CC1. The normalized spacial score (nSPS) is 26.6. The van der Waals surface area contributed by atoms with E-state index < -0.39 is 52.4 Å². The number of nitrogens with zero attached hydrogens (tertiary/aromatic N) is 1. The van der Waals surface area contributed by atoms with Gasteiger partial charge in [0.05, 0.1) is 5.75 Å². The van der Waals surface area contributed by atoms with Crippen LogP contribution in [0, 0.1) is 11.7 Å². The molecule has 1 saturated carbocycles. The maximum absolute atomic E-state index is 15.3. The summed E-state index contributed by atoms with van der Waals surface area (Å²) in [5.41, 5.74) is 0.933. The molecule has 0 spiro atoms. The van der Waals surface area contributed by atoms with Crippen LogP contribution in [0.15, 0.2) is 42.5 Å². The Morgan fingerprint density at radius 1 is 1.11 bits per heavy atom. The molecule has 2 aromatic carbocycles. The summed E-state index contributed by atoms with van der Waals surface area (Å²) >= 11 is 6.09. The van der Waals surface area contributed by atoms with Gasteiger partial charge in [-0.2, -0.15) is 0 Å². The molecule has 14 heteroatoms. The van der Waals surface area contributed by atoms with Crippen molar-refractivity contribution in [3.8, 4) is 0 Å². The first kappa shape index (κ1) is 33.8. The lowest BCUT2D eigenvalue weighted by Crippen LogP contribution is -2.55. The maximum atomic E-state index is 15.3. The highest BCUT2D eigenvalue weighted by molar-refractivity contribution is 8.22. The summed E-state index contributed by atoms with van der Waals surface area (Å²) in [7, 11) is -2.95. The number of piperazine rings is 1. The van der Waals surface area contributed by atoms with E-state index in [2.05, 4.69) is 16.0 Å². The number of carbonyl (C=O) groups excluding carboxylic acids is 1. The lowest BCUT2D eigenvalue weighted by Gasteiger charge is -2.49. The Bertz CT molecular complexity index is 1360. The summed E-state index contributed by atoms with van der Waals surface area (Å²) in [4.78, 5) is 25.9. The minimum Gasteiger partial charge on any atom is -0.465 e. The van der Waals surface area contributed by atoms with E-state index in [1.54, 1.807) is 28.6 Å². The van der Waals surface area contributed by atoms with E-state index in [1.165, 1.54) is 18.2 Å². The van der Waals surface area contributed by atoms with E-state index in [0.717, 1.165) is 6.42 Å². The molecule has 2 aliphatic heterocycles. The molecule has 3 aliphatic rings. The average molecular weight is 673 g/mol. The minimum absolute atomic E-state index is 0.0859. The molecule has 3 fully saturated rings. The zero-order valence-corrected chi connectivity index (χ0v) is 26.3. The Kier molecular flexibility index (Phi) is 10.6. The number of anilines is 1. The van der Waals surface area contributed by atoms with Gasteiger partial charge in [-0.05, 0) is 74.3 Å². The third kappa shape index (κ3) is 8.25. The van der Waals surface area contributed by atoms with Crippen LogP contribution in [0.2, 0.25) is 5.02 Å². The Balaban J connectivity index is 1.39. The topological polar surface area (TPSA) is 134 Å². The smallest absolute Gasteiger partial charge is 0.405 e. The second-order valence-electron chi connectivity index (χ2n) is 12.3. The Hall–Kier alpha value is -2.55. The van der Waals surface area contributed by atoms with Crippen LogP contribution in [0.3, 0.4) is 0 Å². The number of alkyl halides is 2. The van der Waals surface area contributed by atoms with E-state index in [1.807, 2.05) is 0 Å². The van der Waals surface area contributed by atoms with E-state index in [4.69, 9.17) is 11.6 Å². The highest BCUT2D eigenvalue weighted by Gasteiger charge is 2.43. The standard InChI is InChI=1S/C31H40ClF3N4O5S/c32-21-8-6-19(7-9-21)27(20-12-14-31(34,35)15-13-20)28(38-30(41)42)29(40)37-26-5-1-4-25(33)24(26)11-10-23-17-36-22-3-2-16-45(43,44)39(23)18-22/h1,4-9,20,22-23,27-28,36,38,43-44H,2-3,10-18H2,(H,37,40)(H,41,42)/t22?,23?,27-,28+/m0/s1. The van der Waals surface area contributed by atoms with Gasteiger partial charge in [0.25, 0.3) is 0 Å². The van der Waals surface area contributed by atoms with E-state index in [9.17, 15) is 32.6 Å². The fourth-order valence-corrected chi connectivity index (χ4v) is 9.01. The molecular formula is C31H40ClF3N4O5S. The number of halogens is 4. The van der Waals surface area contributed by atoms with Crippen LogP contribution in [0.5, 0.6) is 0 Å². The first-order valence-corrected chi connectivity index (χ1v) is 17.3. The van der Waals surface area contributed by atoms with Crippen molar-refractivity contribution in [1.29, 1.82) is 0 Å². The van der Waals surface area contributed by atoms with Crippen molar-refractivity contribution in [2.45, 2.75) is 81.3 Å². The van der Waals surface area contributed by atoms with E-state index in [-0.39, 0.29) is 61.2 Å². The fourth-order valence-electron chi connectivity index (χ4n) is 7.02. The molecule has 2 bridgehead atoms. The quantitative estimate of drug-likeness (QED) is 0.175. The number of hydrogen-bond acceptors (Lipinski definition) is 6. The number of hydrogen-bond donors (Lipinski definition) is 6. The average Bonchev–Trinajstić information content (AvgIpc) is 3.09. The number of carboxylic acid groups (broad SMARTS) is 1. The lowest BCUT2D eigenvalue weighted by molar-refractivity contribution is -0.119. The van der Waals surface area contributed by atoms with Crippen molar-refractivity contribution >= 4 is 40.1 Å². The Labute approximate surface area is 267 Å². The first-order valence-electron chi connectivity index (χ1n) is 15.3. The summed E-state index contributed by atoms with van der Waals surface area (Å²) in [5, 5.41) is 18.6. The third-order valence-electron chi connectivity index (χ3n) is 9.35. The second-order valence-corrected chi connectivity index (χ2v) is 14.9. The predicted octanol–water partition coefficient (Wildman–Crippen LogP) is 6.70. The summed E-state index contributed by atoms with van der Waals surface area (Å²) in [6.07, 6.45) is 0.0265. The molecule has 45 heavy (non-hydrogen) atoms. The van der Waals surface area contributed by atoms with Gasteiger partial charge in [0.2, 0.25) is 11.8 Å². The number of rotatable bonds is 9. The molecule has 0 aromatic heterocycles. The van der Waals surface area contributed by atoms with E-state index in [0.29, 0.717) is 36.5 Å². The van der Waals surface area contributed by atoms with E-state index >= 15 is 4.39 Å². The number of amides is 2. The molecule has 6 N–H and O–H groups in total. The molecule has 0 radical (unpaired) electrons. The van der Waals surface area contributed by atoms with Crippen LogP contribution in [-0.2, 0) is 11.2 Å². The molecule has 2 heterocycles. The molecule has 2 saturated heterocycles. The minimum atomic E-state index is -2.95. The molecule has 248 valence electrons. The highest BCUT2D eigenvalue weighted by Crippen LogP contribution is 2.49. The van der Waals surface area contributed by atoms with Gasteiger partial charge in [0, 0.05) is 60.2 Å². The zero-order valence-electron chi connectivity index (χ0n) is 24.7. The summed E-state index contributed by atoms with van der Waals surface area (Å²) in [5.74, 6) is -5.08. The van der Waals surface area contributed by atoms with Crippen LogP contribution in [0.4, 0.5) is 23.7 Å². The summed E-state index contributed by atoms with van der Waals surface area (Å²) in [6, 6.07) is 9.26. The number of carbonyl (C=O) groups is 2. The Morgan fingerprint density at radius 2 is 1.82 bits per heavy atom. The third-order valence-corrected chi connectivity index (χ3v) is 11.6. The number of benzene rings is 2. The molecule has 5 atom stereocenters. The lowest BCUT2D eigenvalue weighted by atomic mass is 9.72. The van der Waals surface area contributed by atoms with Crippen molar-refractivity contribution in [3.05, 3.63) is 64.4 Å². The maximum Gasteiger partial charge on any atom is 0.405 e. The molecule has 2 aromatic rings. The molecule has 9 nitrogen and oxygen atoms in total. The van der Waals surface area contributed by atoms with Crippen LogP contribution < -0.4 is 16.0 Å². The van der Waals surface area contributed by atoms with Gasteiger partial charge in [-0.1, -0.05) is 29.8 Å². The molecule has 3 unspecified atom stereocenters. The van der Waals surface area contributed by atoms with Gasteiger partial charge < -0.3 is 21.1 Å². The monoisotopic (exact) mass is 672 g/mol. The molecule has 5 rings (SSSR count). The van der Waals surface area contributed by atoms with Crippen LogP contribution in [0.1, 0.15) is 62.0 Å². The van der Waals surface area contributed by atoms with Crippen molar-refractivity contribution in [2.75, 3.05) is 24.2 Å². The van der Waals surface area contributed by atoms with Crippen LogP contribution in [0.25, 0.3) is 0 Å². The van der Waals surface area contributed by atoms with Gasteiger partial charge >= 0.3 is 6.09 Å². The van der Waals surface area contributed by atoms with Crippen molar-refractivity contribution < 1.29 is 37.0 Å². The number of nitrogens with one attached hydrogen (secondary N) is 3. The summed E-state index contributed by atoms with van der Waals surface area (Å²) in [6.45, 7) is 0.986. The zero-order chi connectivity index (χ0) is 32.4. The highest BCUT2D eigenvalue weighted by atomic mass is 35.5. The van der Waals surface area contributed by atoms with Gasteiger partial charge in [0.15, 0.2) is 0 Å². The second kappa shape index (κ2) is 14.1. The number of fused-ring (bicyclic) bond motifs is 2.